The van der Waals surface area contributed by atoms with Gasteiger partial charge in [0, 0.05) is 11.3 Å². The Balaban J connectivity index is 2.11. The zero-order valence-electron chi connectivity index (χ0n) is 10.4. The highest BCUT2D eigenvalue weighted by Gasteiger charge is 2.13. The highest BCUT2D eigenvalue weighted by Crippen LogP contribution is 2.15. The first-order chi connectivity index (χ1) is 9.60. The first kappa shape index (κ1) is 13.7. The Morgan fingerprint density at radius 1 is 1.15 bits per heavy atom. The van der Waals surface area contributed by atoms with Crippen molar-refractivity contribution in [2.75, 3.05) is 5.32 Å². The van der Waals surface area contributed by atoms with E-state index in [0.717, 1.165) is 12.1 Å². The lowest BCUT2D eigenvalue weighted by Crippen LogP contribution is -2.16. The number of benzene rings is 2. The molecule has 5 heteroatoms. The number of carbonyl (C=O) groups excluding carboxylic acids is 1. The van der Waals surface area contributed by atoms with Gasteiger partial charge in [0.25, 0.3) is 0 Å². The molecular weight excluding hydrogens is 262 g/mol. The third-order valence-corrected chi connectivity index (χ3v) is 2.67. The molecule has 1 N–H and O–H groups in total. The van der Waals surface area contributed by atoms with Gasteiger partial charge in [0.2, 0.25) is 5.91 Å². The van der Waals surface area contributed by atoms with E-state index < -0.39 is 24.0 Å². The molecule has 2 aromatic carbocycles. The van der Waals surface area contributed by atoms with Crippen molar-refractivity contribution in [2.24, 2.45) is 0 Å². The van der Waals surface area contributed by atoms with Crippen LogP contribution in [0.25, 0.3) is 0 Å². The van der Waals surface area contributed by atoms with E-state index in [-0.39, 0.29) is 5.56 Å². The highest BCUT2D eigenvalue weighted by molar-refractivity contribution is 5.92. The molecule has 0 radical (unpaired) electrons. The lowest BCUT2D eigenvalue weighted by Gasteiger charge is -2.07. The number of rotatable bonds is 3. The largest absolute Gasteiger partial charge is 0.326 e. The maximum absolute atomic E-state index is 13.4. The summed E-state index contributed by atoms with van der Waals surface area (Å²) in [5.74, 6) is -2.07. The molecule has 0 aliphatic rings. The summed E-state index contributed by atoms with van der Waals surface area (Å²) >= 11 is 0. The molecule has 0 bridgehead atoms. The predicted octanol–water partition coefficient (Wildman–Crippen LogP) is 3.02. The summed E-state index contributed by atoms with van der Waals surface area (Å²) in [6.07, 6.45) is -0.407. The van der Waals surface area contributed by atoms with Crippen LogP contribution in [-0.4, -0.2) is 5.91 Å². The second-order valence-corrected chi connectivity index (χ2v) is 4.12. The van der Waals surface area contributed by atoms with Crippen LogP contribution >= 0.6 is 0 Å². The fourth-order valence-corrected chi connectivity index (χ4v) is 1.73. The van der Waals surface area contributed by atoms with Crippen molar-refractivity contribution in [1.82, 2.24) is 0 Å². The number of carbonyl (C=O) groups is 1. The van der Waals surface area contributed by atoms with Crippen LogP contribution < -0.4 is 5.32 Å². The van der Waals surface area contributed by atoms with Gasteiger partial charge in [-0.2, -0.15) is 5.26 Å². The van der Waals surface area contributed by atoms with Crippen molar-refractivity contribution in [3.63, 3.8) is 0 Å². The molecular formula is C15H10F2N2O. The van der Waals surface area contributed by atoms with Crippen LogP contribution in [0.15, 0.2) is 42.5 Å². The van der Waals surface area contributed by atoms with Gasteiger partial charge in [-0.15, -0.1) is 0 Å². The van der Waals surface area contributed by atoms with Crippen molar-refractivity contribution in [1.29, 1.82) is 5.26 Å². The van der Waals surface area contributed by atoms with Crippen LogP contribution in [0.3, 0.4) is 0 Å². The SMILES string of the molecule is N#Cc1cccc(NC(=O)Cc2c(F)cccc2F)c1. The molecule has 0 spiro atoms. The Morgan fingerprint density at radius 3 is 2.45 bits per heavy atom. The van der Waals surface area contributed by atoms with Crippen LogP contribution in [0, 0.1) is 23.0 Å². The Labute approximate surface area is 114 Å². The lowest BCUT2D eigenvalue weighted by atomic mass is 10.1. The van der Waals surface area contributed by atoms with E-state index in [4.69, 9.17) is 5.26 Å². The van der Waals surface area contributed by atoms with Crippen LogP contribution in [0.4, 0.5) is 14.5 Å². The van der Waals surface area contributed by atoms with E-state index in [1.165, 1.54) is 12.1 Å². The summed E-state index contributed by atoms with van der Waals surface area (Å²) in [6.45, 7) is 0. The first-order valence-electron chi connectivity index (χ1n) is 5.83. The average Bonchev–Trinajstić information content (AvgIpc) is 2.43. The molecule has 2 rings (SSSR count). The van der Waals surface area contributed by atoms with Gasteiger partial charge in [-0.25, -0.2) is 8.78 Å². The molecule has 100 valence electrons. The van der Waals surface area contributed by atoms with E-state index in [9.17, 15) is 13.6 Å². The summed E-state index contributed by atoms with van der Waals surface area (Å²) < 4.78 is 26.8. The van der Waals surface area contributed by atoms with Crippen molar-refractivity contribution < 1.29 is 13.6 Å². The Kier molecular flexibility index (Phi) is 4.06. The molecule has 0 unspecified atom stereocenters. The lowest BCUT2D eigenvalue weighted by molar-refractivity contribution is -0.115. The smallest absolute Gasteiger partial charge is 0.229 e. The van der Waals surface area contributed by atoms with Crippen molar-refractivity contribution in [3.05, 3.63) is 65.2 Å². The minimum absolute atomic E-state index is 0.276. The molecule has 0 saturated heterocycles. The van der Waals surface area contributed by atoms with Gasteiger partial charge in [0.1, 0.15) is 11.6 Å². The number of nitrogens with zero attached hydrogens (tertiary/aromatic N) is 1. The minimum atomic E-state index is -0.758. The van der Waals surface area contributed by atoms with Gasteiger partial charge in [0.15, 0.2) is 0 Å². The van der Waals surface area contributed by atoms with E-state index in [1.807, 2.05) is 6.07 Å². The molecule has 0 saturated carbocycles. The van der Waals surface area contributed by atoms with Crippen molar-refractivity contribution in [3.8, 4) is 6.07 Å². The van der Waals surface area contributed by atoms with Gasteiger partial charge in [-0.1, -0.05) is 12.1 Å². The van der Waals surface area contributed by atoms with Crippen molar-refractivity contribution in [2.45, 2.75) is 6.42 Å². The van der Waals surface area contributed by atoms with Crippen LogP contribution in [0.5, 0.6) is 0 Å². The van der Waals surface area contributed by atoms with Gasteiger partial charge in [-0.3, -0.25) is 4.79 Å². The topological polar surface area (TPSA) is 52.9 Å². The summed E-state index contributed by atoms with van der Waals surface area (Å²) in [5.41, 5.74) is 0.520. The maximum Gasteiger partial charge on any atom is 0.229 e. The number of hydrogen-bond acceptors (Lipinski definition) is 2. The van der Waals surface area contributed by atoms with Crippen molar-refractivity contribution >= 4 is 11.6 Å². The van der Waals surface area contributed by atoms with Crippen LogP contribution in [-0.2, 0) is 11.2 Å². The fraction of sp³-hybridized carbons (Fsp3) is 0.0667. The number of nitriles is 1. The average molecular weight is 272 g/mol. The summed E-state index contributed by atoms with van der Waals surface area (Å²) in [4.78, 5) is 11.8. The standard InChI is InChI=1S/C15H10F2N2O/c16-13-5-2-6-14(17)12(13)8-15(20)19-11-4-1-3-10(7-11)9-18/h1-7H,8H2,(H,19,20). The van der Waals surface area contributed by atoms with E-state index >= 15 is 0 Å². The van der Waals surface area contributed by atoms with Gasteiger partial charge < -0.3 is 5.32 Å². The van der Waals surface area contributed by atoms with Gasteiger partial charge in [0.05, 0.1) is 18.1 Å². The number of anilines is 1. The molecule has 0 aromatic heterocycles. The van der Waals surface area contributed by atoms with Gasteiger partial charge in [-0.05, 0) is 30.3 Å². The van der Waals surface area contributed by atoms with Crippen LogP contribution in [0.2, 0.25) is 0 Å². The van der Waals surface area contributed by atoms with E-state index in [2.05, 4.69) is 5.32 Å². The molecule has 0 fully saturated rings. The van der Waals surface area contributed by atoms with E-state index in [1.54, 1.807) is 18.2 Å². The third-order valence-electron chi connectivity index (χ3n) is 2.67. The predicted molar refractivity (Wildman–Crippen MR) is 69.8 cm³/mol. The highest BCUT2D eigenvalue weighted by atomic mass is 19.1. The second-order valence-electron chi connectivity index (χ2n) is 4.12. The summed E-state index contributed by atoms with van der Waals surface area (Å²) in [7, 11) is 0. The molecule has 1 amide bonds. The van der Waals surface area contributed by atoms with Crippen LogP contribution in [0.1, 0.15) is 11.1 Å². The number of halogens is 2. The molecule has 3 nitrogen and oxygen atoms in total. The summed E-state index contributed by atoms with van der Waals surface area (Å²) in [5, 5.41) is 11.2. The zero-order chi connectivity index (χ0) is 14.5. The first-order valence-corrected chi connectivity index (χ1v) is 5.83. The Hall–Kier alpha value is -2.74. The van der Waals surface area contributed by atoms with E-state index in [0.29, 0.717) is 11.3 Å². The zero-order valence-corrected chi connectivity index (χ0v) is 10.4. The molecule has 0 atom stereocenters. The Morgan fingerprint density at radius 2 is 1.80 bits per heavy atom. The molecule has 0 aliphatic carbocycles. The fourth-order valence-electron chi connectivity index (χ4n) is 1.73. The number of nitrogens with one attached hydrogen (secondary N) is 1. The molecule has 20 heavy (non-hydrogen) atoms. The number of amides is 1. The monoisotopic (exact) mass is 272 g/mol. The second kappa shape index (κ2) is 5.93. The third kappa shape index (κ3) is 3.18. The normalized spacial score (nSPS) is 9.85. The molecule has 0 heterocycles. The molecule has 2 aromatic rings. The number of hydrogen-bond donors (Lipinski definition) is 1. The van der Waals surface area contributed by atoms with Gasteiger partial charge >= 0.3 is 0 Å². The quantitative estimate of drug-likeness (QED) is 0.933. The Bertz CT molecular complexity index is 672. The molecule has 0 aliphatic heterocycles. The maximum atomic E-state index is 13.4. The summed E-state index contributed by atoms with van der Waals surface area (Å²) in [6, 6.07) is 11.6. The minimum Gasteiger partial charge on any atom is -0.326 e.